The summed E-state index contributed by atoms with van der Waals surface area (Å²) in [5.74, 6) is 0. The Morgan fingerprint density at radius 1 is 0.909 bits per heavy atom. The van der Waals surface area contributed by atoms with Gasteiger partial charge < -0.3 is 0 Å². The van der Waals surface area contributed by atoms with Crippen molar-refractivity contribution in [3.63, 3.8) is 0 Å². The zero-order chi connectivity index (χ0) is 4.50. The molecule has 2 N–H and O–H groups in total. The van der Waals surface area contributed by atoms with Crippen molar-refractivity contribution in [1.82, 2.24) is 0 Å². The van der Waals surface area contributed by atoms with Crippen LogP contribution in [0, 0.1) is 0 Å². The first kappa shape index (κ1) is 47.8. The van der Waals surface area contributed by atoms with Crippen LogP contribution in [0.25, 0.3) is 0 Å². The second kappa shape index (κ2) is 23.2. The summed E-state index contributed by atoms with van der Waals surface area (Å²) in [6.07, 6.45) is 0. The van der Waals surface area contributed by atoms with Gasteiger partial charge in [0.1, 0.15) is 0 Å². The van der Waals surface area contributed by atoms with Gasteiger partial charge in [0.15, 0.2) is 0 Å². The molecule has 0 bridgehead atoms. The Hall–Kier alpha value is 3.16. The molecule has 0 amide bonds. The summed E-state index contributed by atoms with van der Waals surface area (Å²) in [6, 6.07) is 0. The Bertz CT molecular complexity index is 107. The Balaban J connectivity index is -0.00000000533. The Kier molecular flexibility index (Phi) is 101. The van der Waals surface area contributed by atoms with E-state index in [1.54, 1.807) is 0 Å². The van der Waals surface area contributed by atoms with Gasteiger partial charge in [-0.15, -0.1) is 0 Å². The van der Waals surface area contributed by atoms with Gasteiger partial charge in [0.25, 0.3) is 0 Å². The molecule has 11 heteroatoms. The molecular weight excluding hydrogens is 416 g/mol. The second-order valence-corrected chi connectivity index (χ2v) is 1.71. The van der Waals surface area contributed by atoms with E-state index in [2.05, 4.69) is 0 Å². The fourth-order valence-corrected chi connectivity index (χ4v) is 0. The van der Waals surface area contributed by atoms with Crippen molar-refractivity contribution >= 4 is 18.9 Å². The molecule has 11 heavy (non-hydrogen) atoms. The molecule has 0 unspecified atom stereocenters. The molecule has 0 aliphatic rings. The van der Waals surface area contributed by atoms with Crippen LogP contribution in [-0.4, -0.2) is 27.2 Å². The molecule has 0 spiro atoms. The minimum atomic E-state index is -5.12. The van der Waals surface area contributed by atoms with Crippen molar-refractivity contribution in [2.45, 2.75) is 0 Å². The van der Waals surface area contributed by atoms with E-state index in [9.17, 15) is 0 Å². The molecule has 80 valence electrons. The van der Waals surface area contributed by atoms with E-state index in [0.29, 0.717) is 0 Å². The molecule has 0 aromatic carbocycles. The van der Waals surface area contributed by atoms with E-state index in [0.717, 1.165) is 0 Å². The summed E-state index contributed by atoms with van der Waals surface area (Å²) < 4.78 is 31.8. The second-order valence-electron chi connectivity index (χ2n) is 0.415. The van der Waals surface area contributed by atoms with E-state index in [1.165, 1.54) is 0 Å². The molecule has 3 radical (unpaired) electrons. The number of hydrogen-bond donors (Lipinski definition) is 2. The number of hydrogen-bond acceptors (Lipinski definition) is 2. The third-order valence-corrected chi connectivity index (χ3v) is 0. The maximum atomic E-state index is 8.80. The summed E-state index contributed by atoms with van der Waals surface area (Å²) in [5.41, 5.74) is 0. The van der Waals surface area contributed by atoms with Crippen LogP contribution in [0.3, 0.4) is 0 Å². The third kappa shape index (κ3) is 164. The molecule has 0 fully saturated rings. The average molecular weight is 419 g/mol. The van der Waals surface area contributed by atoms with Gasteiger partial charge in [0.05, 0.1) is 0 Å². The van der Waals surface area contributed by atoms with E-state index >= 15 is 0 Å². The Morgan fingerprint density at radius 2 is 0.909 bits per heavy atom. The molecule has 0 aliphatic heterocycles. The molecule has 0 atom stereocenters. The topological polar surface area (TPSA) is 74.6 Å². The Morgan fingerprint density at radius 3 is 0.909 bits per heavy atom. The fraction of sp³-hybridized carbons (Fsp3) is 0. The van der Waals surface area contributed by atoms with Gasteiger partial charge in [-0.3, -0.25) is 0 Å². The van der Waals surface area contributed by atoms with Crippen LogP contribution >= 0.6 is 0 Å². The van der Waals surface area contributed by atoms with Crippen LogP contribution < -0.4 is 0 Å². The number of rotatable bonds is 0. The van der Waals surface area contributed by atoms with E-state index < -0.39 is 13.4 Å². The first-order chi connectivity index (χ1) is 2.00. The quantitative estimate of drug-likeness (QED) is 0.445. The summed E-state index contributed by atoms with van der Waals surface area (Å²) in [5, 5.41) is 0. The van der Waals surface area contributed by atoms with Crippen LogP contribution in [0.1, 0.15) is 0 Å². The standard InChI is InChI=1S/2Co.Li.2Mn.2Ni.2H2O.2O.H/h;;;;;;;2*1H2;;;/q;;;;+2;;;;;;;/p-2. The average Bonchev–Trinajstić information content (AvgIpc) is 0.722. The first-order valence-electron chi connectivity index (χ1n) is 0.647. The maximum absolute atomic E-state index is 8.80. The van der Waals surface area contributed by atoms with Crippen LogP contribution in [0.15, 0.2) is 0 Å². The van der Waals surface area contributed by atoms with Gasteiger partial charge in [-0.25, -0.2) is 0 Å². The molecule has 0 saturated carbocycles. The SMILES string of the molecule is [Co].[Co].[LiH].[Mn].[Ni].[Ni].[O]=[Mn](=[O])([OH])[OH]. The monoisotopic (exact) mass is 418 g/mol. The molecule has 0 saturated heterocycles. The van der Waals surface area contributed by atoms with E-state index in [4.69, 9.17) is 16.0 Å². The zero-order valence-corrected chi connectivity index (χ0v) is 10.2. The summed E-state index contributed by atoms with van der Waals surface area (Å²) in [7, 11) is 0. The van der Waals surface area contributed by atoms with Crippen molar-refractivity contribution in [2.24, 2.45) is 0 Å². The zero-order valence-electron chi connectivity index (χ0n) is 3.77. The van der Waals surface area contributed by atoms with Crippen molar-refractivity contribution in [2.75, 3.05) is 0 Å². The van der Waals surface area contributed by atoms with Gasteiger partial charge in [-0.1, -0.05) is 0 Å². The fourth-order valence-electron chi connectivity index (χ4n) is 0. The predicted octanol–water partition coefficient (Wildman–Crippen LogP) is -2.02. The molecule has 0 aliphatic carbocycles. The van der Waals surface area contributed by atoms with Crippen LogP contribution in [0.2, 0.25) is 0 Å². The van der Waals surface area contributed by atoms with Crippen molar-refractivity contribution in [3.05, 3.63) is 0 Å². The predicted molar refractivity (Wildman–Crippen MR) is 13.0 cm³/mol. The summed E-state index contributed by atoms with van der Waals surface area (Å²) in [6.45, 7) is 0. The Labute approximate surface area is 130 Å². The minimum absolute atomic E-state index is 0. The van der Waals surface area contributed by atoms with Crippen molar-refractivity contribution < 1.29 is 113 Å². The van der Waals surface area contributed by atoms with Crippen molar-refractivity contribution in [3.8, 4) is 0 Å². The summed E-state index contributed by atoms with van der Waals surface area (Å²) in [4.78, 5) is 0. The van der Waals surface area contributed by atoms with Gasteiger partial charge >= 0.3 is 48.3 Å². The van der Waals surface area contributed by atoms with Gasteiger partial charge in [-0.2, -0.15) is 0 Å². The van der Waals surface area contributed by atoms with Gasteiger partial charge in [0.2, 0.25) is 0 Å². The van der Waals surface area contributed by atoms with Gasteiger partial charge in [-0.05, 0) is 0 Å². The molecule has 0 heterocycles. The molecular formula is H3Co2LiMn2Ni2O4. The van der Waals surface area contributed by atoms with Crippen molar-refractivity contribution in [1.29, 1.82) is 0 Å². The van der Waals surface area contributed by atoms with Gasteiger partial charge in [0, 0.05) is 83.6 Å². The van der Waals surface area contributed by atoms with E-state index in [-0.39, 0.29) is 102 Å². The van der Waals surface area contributed by atoms with Crippen LogP contribution in [-0.2, 0) is 105 Å². The summed E-state index contributed by atoms with van der Waals surface area (Å²) >= 11 is -5.12. The normalized spacial score (nSPS) is 5.27. The first-order valence-corrected chi connectivity index (χ1v) is 2.67. The third-order valence-electron chi connectivity index (χ3n) is 0. The molecule has 0 rings (SSSR count). The molecule has 0 aromatic rings. The molecule has 0 aromatic heterocycles. The van der Waals surface area contributed by atoms with Crippen LogP contribution in [0.5, 0.6) is 0 Å². The van der Waals surface area contributed by atoms with E-state index in [1.807, 2.05) is 0 Å². The molecule has 4 nitrogen and oxygen atoms in total. The van der Waals surface area contributed by atoms with Crippen LogP contribution in [0.4, 0.5) is 0 Å².